The lowest BCUT2D eigenvalue weighted by atomic mass is 10.0. The number of carbonyl (C=O) groups excluding carboxylic acids is 2. The molecule has 5 rings (SSSR count). The maximum atomic E-state index is 13.7. The molecular formula is C21H11F3N2O4S2. The standard InChI is InChI=1S/C21H11F3N2O4S2/c22-21(23,24)19-11(17(28)14-2-1-5-31-14)7-10-15(25)18(32-20(10)26-19)16(27)9-3-4-12-13(6-9)30-8-29-12/h1-7H,8,25H2. The maximum Gasteiger partial charge on any atom is 0.434 e. The highest BCUT2D eigenvalue weighted by atomic mass is 32.1. The van der Waals surface area contributed by atoms with Gasteiger partial charge in [-0.2, -0.15) is 13.2 Å². The van der Waals surface area contributed by atoms with Gasteiger partial charge in [0.15, 0.2) is 17.2 Å². The van der Waals surface area contributed by atoms with Crippen molar-refractivity contribution in [3.63, 3.8) is 0 Å². The van der Waals surface area contributed by atoms with Crippen molar-refractivity contribution in [1.29, 1.82) is 0 Å². The molecule has 3 aromatic heterocycles. The van der Waals surface area contributed by atoms with Crippen molar-refractivity contribution in [3.8, 4) is 11.5 Å². The first-order valence-electron chi connectivity index (χ1n) is 9.07. The van der Waals surface area contributed by atoms with Gasteiger partial charge in [-0.1, -0.05) is 6.07 Å². The summed E-state index contributed by atoms with van der Waals surface area (Å²) in [6.45, 7) is 0.0309. The molecule has 0 saturated heterocycles. The Balaban J connectivity index is 1.64. The number of nitrogens with zero attached hydrogens (tertiary/aromatic N) is 1. The van der Waals surface area contributed by atoms with Crippen LogP contribution in [0.1, 0.15) is 36.2 Å². The molecule has 2 N–H and O–H groups in total. The fourth-order valence-corrected chi connectivity index (χ4v) is 5.03. The predicted octanol–water partition coefficient (Wildman–Crippen LogP) is 5.15. The van der Waals surface area contributed by atoms with Crippen LogP contribution in [0.3, 0.4) is 0 Å². The molecule has 32 heavy (non-hydrogen) atoms. The minimum absolute atomic E-state index is 0.0280. The van der Waals surface area contributed by atoms with Gasteiger partial charge in [-0.3, -0.25) is 9.59 Å². The molecule has 4 heterocycles. The fraction of sp³-hybridized carbons (Fsp3) is 0.0952. The van der Waals surface area contributed by atoms with Crippen LogP contribution < -0.4 is 15.2 Å². The Morgan fingerprint density at radius 2 is 1.84 bits per heavy atom. The van der Waals surface area contributed by atoms with E-state index in [9.17, 15) is 22.8 Å². The van der Waals surface area contributed by atoms with Crippen molar-refractivity contribution < 1.29 is 32.2 Å². The molecule has 0 unspecified atom stereocenters. The molecular weight excluding hydrogens is 465 g/mol. The minimum atomic E-state index is -4.86. The summed E-state index contributed by atoms with van der Waals surface area (Å²) in [7, 11) is 0. The average molecular weight is 476 g/mol. The lowest BCUT2D eigenvalue weighted by Crippen LogP contribution is -2.15. The number of ether oxygens (including phenoxy) is 2. The monoisotopic (exact) mass is 476 g/mol. The second-order valence-corrected chi connectivity index (χ2v) is 8.73. The van der Waals surface area contributed by atoms with Gasteiger partial charge in [0, 0.05) is 10.9 Å². The number of pyridine rings is 1. The molecule has 0 spiro atoms. The molecule has 0 fully saturated rings. The number of nitrogen functional groups attached to an aromatic ring is 1. The van der Waals surface area contributed by atoms with E-state index in [1.54, 1.807) is 17.5 Å². The van der Waals surface area contributed by atoms with Gasteiger partial charge in [0.25, 0.3) is 0 Å². The first-order chi connectivity index (χ1) is 15.2. The van der Waals surface area contributed by atoms with E-state index in [0.29, 0.717) is 11.5 Å². The Bertz CT molecular complexity index is 1390. The van der Waals surface area contributed by atoms with Gasteiger partial charge in [0.1, 0.15) is 9.71 Å². The van der Waals surface area contributed by atoms with Crippen LogP contribution in [0.5, 0.6) is 11.5 Å². The first-order valence-corrected chi connectivity index (χ1v) is 10.8. The van der Waals surface area contributed by atoms with Gasteiger partial charge in [0.05, 0.1) is 16.1 Å². The van der Waals surface area contributed by atoms with E-state index >= 15 is 0 Å². The fourth-order valence-electron chi connectivity index (χ4n) is 3.31. The number of hydrogen-bond acceptors (Lipinski definition) is 8. The number of benzene rings is 1. The number of anilines is 1. The van der Waals surface area contributed by atoms with Gasteiger partial charge >= 0.3 is 6.18 Å². The molecule has 1 aliphatic rings. The second-order valence-electron chi connectivity index (χ2n) is 6.78. The van der Waals surface area contributed by atoms with Gasteiger partial charge in [-0.25, -0.2) is 4.98 Å². The summed E-state index contributed by atoms with van der Waals surface area (Å²) in [4.78, 5) is 29.6. The Kier molecular flexibility index (Phi) is 4.68. The summed E-state index contributed by atoms with van der Waals surface area (Å²) in [5.74, 6) is -0.435. The summed E-state index contributed by atoms with van der Waals surface area (Å²) >= 11 is 1.76. The molecule has 0 aliphatic carbocycles. The molecule has 1 aromatic carbocycles. The third-order valence-electron chi connectivity index (χ3n) is 4.82. The van der Waals surface area contributed by atoms with E-state index in [1.165, 1.54) is 18.2 Å². The number of rotatable bonds is 4. The lowest BCUT2D eigenvalue weighted by molar-refractivity contribution is -0.141. The number of thiophene rings is 2. The molecule has 0 radical (unpaired) electrons. The molecule has 0 amide bonds. The lowest BCUT2D eigenvalue weighted by Gasteiger charge is -2.11. The molecule has 1 aliphatic heterocycles. The van der Waals surface area contributed by atoms with E-state index in [4.69, 9.17) is 15.2 Å². The number of halogens is 3. The summed E-state index contributed by atoms with van der Waals surface area (Å²) in [6.07, 6.45) is -4.86. The minimum Gasteiger partial charge on any atom is -0.454 e. The van der Waals surface area contributed by atoms with Crippen molar-refractivity contribution in [3.05, 3.63) is 68.4 Å². The highest BCUT2D eigenvalue weighted by Gasteiger charge is 2.39. The van der Waals surface area contributed by atoms with E-state index < -0.39 is 29.0 Å². The third-order valence-corrected chi connectivity index (χ3v) is 6.80. The molecule has 11 heteroatoms. The number of fused-ring (bicyclic) bond motifs is 2. The zero-order valence-corrected chi connectivity index (χ0v) is 17.5. The van der Waals surface area contributed by atoms with Gasteiger partial charge in [-0.05, 0) is 35.7 Å². The maximum absolute atomic E-state index is 13.7. The molecule has 6 nitrogen and oxygen atoms in total. The number of hydrogen-bond donors (Lipinski definition) is 1. The van der Waals surface area contributed by atoms with Crippen molar-refractivity contribution in [2.45, 2.75) is 6.18 Å². The zero-order chi connectivity index (χ0) is 22.6. The summed E-state index contributed by atoms with van der Waals surface area (Å²) in [6, 6.07) is 8.63. The predicted molar refractivity (Wildman–Crippen MR) is 113 cm³/mol. The number of alkyl halides is 3. The van der Waals surface area contributed by atoms with Crippen LogP contribution >= 0.6 is 22.7 Å². The Morgan fingerprint density at radius 1 is 1.06 bits per heavy atom. The topological polar surface area (TPSA) is 91.5 Å². The normalized spacial score (nSPS) is 13.0. The molecule has 0 atom stereocenters. The molecule has 162 valence electrons. The number of aromatic nitrogens is 1. The van der Waals surface area contributed by atoms with E-state index in [-0.39, 0.29) is 38.0 Å². The van der Waals surface area contributed by atoms with E-state index in [1.807, 2.05) is 0 Å². The zero-order valence-electron chi connectivity index (χ0n) is 15.9. The van der Waals surface area contributed by atoms with Crippen LogP contribution in [0.4, 0.5) is 18.9 Å². The SMILES string of the molecule is Nc1c(C(=O)c2ccc3c(c2)OCO3)sc2nc(C(F)(F)F)c(C(=O)c3cccs3)cc12. The van der Waals surface area contributed by atoms with E-state index in [0.717, 1.165) is 28.7 Å². The van der Waals surface area contributed by atoms with Crippen molar-refractivity contribution in [2.24, 2.45) is 0 Å². The van der Waals surface area contributed by atoms with Crippen molar-refractivity contribution in [2.75, 3.05) is 12.5 Å². The van der Waals surface area contributed by atoms with Crippen LogP contribution in [0.15, 0.2) is 41.8 Å². The van der Waals surface area contributed by atoms with Crippen LogP contribution in [-0.4, -0.2) is 23.3 Å². The Labute approximate surface area is 186 Å². The largest absolute Gasteiger partial charge is 0.454 e. The van der Waals surface area contributed by atoms with Crippen LogP contribution in [0.25, 0.3) is 10.2 Å². The van der Waals surface area contributed by atoms with Gasteiger partial charge in [-0.15, -0.1) is 22.7 Å². The summed E-state index contributed by atoms with van der Waals surface area (Å²) in [5.41, 5.74) is 4.42. The Morgan fingerprint density at radius 3 is 2.56 bits per heavy atom. The van der Waals surface area contributed by atoms with Crippen LogP contribution in [-0.2, 0) is 6.18 Å². The molecule has 0 bridgehead atoms. The Hall–Kier alpha value is -3.44. The van der Waals surface area contributed by atoms with Gasteiger partial charge in [0.2, 0.25) is 18.4 Å². The highest BCUT2D eigenvalue weighted by molar-refractivity contribution is 7.21. The average Bonchev–Trinajstić information content (AvgIpc) is 3.51. The molecule has 0 saturated carbocycles. The summed E-state index contributed by atoms with van der Waals surface area (Å²) < 4.78 is 51.6. The number of carbonyl (C=O) groups is 2. The first kappa shape index (κ1) is 20.5. The van der Waals surface area contributed by atoms with Crippen LogP contribution in [0, 0.1) is 0 Å². The van der Waals surface area contributed by atoms with Crippen LogP contribution in [0.2, 0.25) is 0 Å². The van der Waals surface area contributed by atoms with Crippen molar-refractivity contribution >= 4 is 50.1 Å². The smallest absolute Gasteiger partial charge is 0.434 e. The highest BCUT2D eigenvalue weighted by Crippen LogP contribution is 2.41. The van der Waals surface area contributed by atoms with E-state index in [2.05, 4.69) is 4.98 Å². The quantitative estimate of drug-likeness (QED) is 0.410. The summed E-state index contributed by atoms with van der Waals surface area (Å²) in [5, 5.41) is 1.71. The number of ketones is 2. The third kappa shape index (κ3) is 3.30. The number of nitrogens with two attached hydrogens (primary N) is 1. The van der Waals surface area contributed by atoms with Crippen molar-refractivity contribution in [1.82, 2.24) is 4.98 Å². The second kappa shape index (κ2) is 7.31. The van der Waals surface area contributed by atoms with Gasteiger partial charge < -0.3 is 15.2 Å². The molecule has 4 aromatic rings.